The lowest BCUT2D eigenvalue weighted by atomic mass is 10.1. The lowest BCUT2D eigenvalue weighted by molar-refractivity contribution is -0.110. The summed E-state index contributed by atoms with van der Waals surface area (Å²) in [5.74, 6) is 0.0522. The summed E-state index contributed by atoms with van der Waals surface area (Å²) < 4.78 is 0. The SMILES string of the molecule is Cc1cccc(NC2=CC(=O)C=CC2)c1. The van der Waals surface area contributed by atoms with E-state index in [1.165, 1.54) is 5.56 Å². The van der Waals surface area contributed by atoms with Crippen molar-refractivity contribution in [1.29, 1.82) is 0 Å². The molecule has 1 aromatic rings. The average Bonchev–Trinajstić information content (AvgIpc) is 2.17. The molecule has 0 bridgehead atoms. The van der Waals surface area contributed by atoms with Crippen LogP contribution in [-0.2, 0) is 4.79 Å². The Labute approximate surface area is 89.3 Å². The predicted molar refractivity (Wildman–Crippen MR) is 61.6 cm³/mol. The lowest BCUT2D eigenvalue weighted by Crippen LogP contribution is -2.05. The van der Waals surface area contributed by atoms with Crippen LogP contribution < -0.4 is 5.32 Å². The number of carbonyl (C=O) groups excluding carboxylic acids is 1. The third kappa shape index (κ3) is 2.56. The molecule has 1 N–H and O–H groups in total. The maximum atomic E-state index is 11.1. The van der Waals surface area contributed by atoms with Crippen LogP contribution in [0.2, 0.25) is 0 Å². The Bertz CT molecular complexity index is 444. The van der Waals surface area contributed by atoms with Crippen LogP contribution in [0.4, 0.5) is 5.69 Å². The lowest BCUT2D eigenvalue weighted by Gasteiger charge is -2.11. The molecule has 0 fully saturated rings. The molecular weight excluding hydrogens is 186 g/mol. The molecule has 15 heavy (non-hydrogen) atoms. The van der Waals surface area contributed by atoms with Gasteiger partial charge in [-0.3, -0.25) is 4.79 Å². The molecule has 1 aliphatic rings. The molecule has 0 unspecified atom stereocenters. The summed E-state index contributed by atoms with van der Waals surface area (Å²) in [6, 6.07) is 8.10. The number of hydrogen-bond acceptors (Lipinski definition) is 2. The van der Waals surface area contributed by atoms with E-state index in [-0.39, 0.29) is 5.78 Å². The smallest absolute Gasteiger partial charge is 0.180 e. The summed E-state index contributed by atoms with van der Waals surface area (Å²) in [5.41, 5.74) is 3.19. The van der Waals surface area contributed by atoms with Gasteiger partial charge in [0, 0.05) is 23.9 Å². The standard InChI is InChI=1S/C13H13NO/c1-10-4-2-5-11(8-10)14-12-6-3-7-13(15)9-12/h2-5,7-9,14H,6H2,1H3. The van der Waals surface area contributed by atoms with Crippen molar-refractivity contribution in [1.82, 2.24) is 0 Å². The van der Waals surface area contributed by atoms with Crippen molar-refractivity contribution >= 4 is 11.5 Å². The largest absolute Gasteiger partial charge is 0.359 e. The van der Waals surface area contributed by atoms with Crippen molar-refractivity contribution in [2.24, 2.45) is 0 Å². The van der Waals surface area contributed by atoms with Crippen LogP contribution in [0.15, 0.2) is 48.2 Å². The predicted octanol–water partition coefficient (Wildman–Crippen LogP) is 2.82. The second kappa shape index (κ2) is 4.13. The molecule has 2 nitrogen and oxygen atoms in total. The third-order valence-corrected chi connectivity index (χ3v) is 2.26. The number of rotatable bonds is 2. The van der Waals surface area contributed by atoms with Crippen LogP contribution in [0.25, 0.3) is 0 Å². The van der Waals surface area contributed by atoms with Gasteiger partial charge in [-0.05, 0) is 30.7 Å². The number of ketones is 1. The average molecular weight is 199 g/mol. The van der Waals surface area contributed by atoms with Crippen LogP contribution in [0.3, 0.4) is 0 Å². The maximum Gasteiger partial charge on any atom is 0.180 e. The van der Waals surface area contributed by atoms with Gasteiger partial charge in [0.15, 0.2) is 5.78 Å². The van der Waals surface area contributed by atoms with E-state index < -0.39 is 0 Å². The number of carbonyl (C=O) groups is 1. The summed E-state index contributed by atoms with van der Waals surface area (Å²) in [5, 5.41) is 3.24. The van der Waals surface area contributed by atoms with E-state index in [4.69, 9.17) is 0 Å². The van der Waals surface area contributed by atoms with Gasteiger partial charge in [-0.15, -0.1) is 0 Å². The van der Waals surface area contributed by atoms with Gasteiger partial charge in [-0.2, -0.15) is 0 Å². The van der Waals surface area contributed by atoms with Gasteiger partial charge in [-0.1, -0.05) is 18.2 Å². The Kier molecular flexibility index (Phi) is 2.68. The van der Waals surface area contributed by atoms with E-state index in [1.54, 1.807) is 12.2 Å². The van der Waals surface area contributed by atoms with Crippen molar-refractivity contribution < 1.29 is 4.79 Å². The van der Waals surface area contributed by atoms with E-state index in [0.717, 1.165) is 17.8 Å². The molecule has 0 radical (unpaired) electrons. The third-order valence-electron chi connectivity index (χ3n) is 2.26. The summed E-state index contributed by atoms with van der Waals surface area (Å²) in [6.45, 7) is 2.05. The van der Waals surface area contributed by atoms with Crippen molar-refractivity contribution in [3.8, 4) is 0 Å². The first-order chi connectivity index (χ1) is 7.24. The molecule has 0 saturated carbocycles. The Morgan fingerprint density at radius 3 is 2.93 bits per heavy atom. The number of nitrogens with one attached hydrogen (secondary N) is 1. The molecule has 0 aliphatic heterocycles. The first-order valence-corrected chi connectivity index (χ1v) is 4.99. The molecule has 0 heterocycles. The minimum atomic E-state index is 0.0522. The quantitative estimate of drug-likeness (QED) is 0.793. The Morgan fingerprint density at radius 2 is 2.20 bits per heavy atom. The minimum absolute atomic E-state index is 0.0522. The van der Waals surface area contributed by atoms with Crippen LogP contribution in [0.1, 0.15) is 12.0 Å². The van der Waals surface area contributed by atoms with Gasteiger partial charge >= 0.3 is 0 Å². The topological polar surface area (TPSA) is 29.1 Å². The van der Waals surface area contributed by atoms with E-state index >= 15 is 0 Å². The fraction of sp³-hybridized carbons (Fsp3) is 0.154. The fourth-order valence-electron chi connectivity index (χ4n) is 1.58. The highest BCUT2D eigenvalue weighted by molar-refractivity contribution is 6.01. The second-order valence-electron chi connectivity index (χ2n) is 3.67. The Hall–Kier alpha value is -1.83. The van der Waals surface area contributed by atoms with Crippen LogP contribution in [0, 0.1) is 6.92 Å². The van der Waals surface area contributed by atoms with Crippen LogP contribution in [0.5, 0.6) is 0 Å². The van der Waals surface area contributed by atoms with Crippen molar-refractivity contribution in [2.75, 3.05) is 5.32 Å². The summed E-state index contributed by atoms with van der Waals surface area (Å²) in [4.78, 5) is 11.1. The highest BCUT2D eigenvalue weighted by atomic mass is 16.1. The Balaban J connectivity index is 2.12. The molecule has 1 aliphatic carbocycles. The molecule has 0 saturated heterocycles. The van der Waals surface area contributed by atoms with E-state index in [9.17, 15) is 4.79 Å². The number of allylic oxidation sites excluding steroid dienone is 3. The van der Waals surface area contributed by atoms with Gasteiger partial charge in [0.25, 0.3) is 0 Å². The monoisotopic (exact) mass is 199 g/mol. The molecule has 2 heteroatoms. The summed E-state index contributed by atoms with van der Waals surface area (Å²) in [6.07, 6.45) is 5.91. The van der Waals surface area contributed by atoms with Gasteiger partial charge in [-0.25, -0.2) is 0 Å². The molecular formula is C13H13NO. The second-order valence-corrected chi connectivity index (χ2v) is 3.67. The van der Waals surface area contributed by atoms with Crippen molar-refractivity contribution in [3.05, 3.63) is 53.8 Å². The zero-order chi connectivity index (χ0) is 10.7. The highest BCUT2D eigenvalue weighted by Crippen LogP contribution is 2.16. The van der Waals surface area contributed by atoms with Gasteiger partial charge in [0.05, 0.1) is 0 Å². The zero-order valence-electron chi connectivity index (χ0n) is 8.66. The fourth-order valence-corrected chi connectivity index (χ4v) is 1.58. The molecule has 1 aromatic carbocycles. The summed E-state index contributed by atoms with van der Waals surface area (Å²) in [7, 11) is 0. The minimum Gasteiger partial charge on any atom is -0.359 e. The van der Waals surface area contributed by atoms with Crippen molar-refractivity contribution in [2.45, 2.75) is 13.3 Å². The molecule has 0 amide bonds. The van der Waals surface area contributed by atoms with E-state index in [1.807, 2.05) is 31.2 Å². The molecule has 0 atom stereocenters. The number of anilines is 1. The highest BCUT2D eigenvalue weighted by Gasteiger charge is 2.04. The molecule has 76 valence electrons. The maximum absolute atomic E-state index is 11.1. The first kappa shape index (κ1) is 9.71. The van der Waals surface area contributed by atoms with E-state index in [2.05, 4.69) is 11.4 Å². The number of hydrogen-bond donors (Lipinski definition) is 1. The molecule has 0 spiro atoms. The number of aryl methyl sites for hydroxylation is 1. The van der Waals surface area contributed by atoms with Crippen LogP contribution >= 0.6 is 0 Å². The van der Waals surface area contributed by atoms with E-state index in [0.29, 0.717) is 0 Å². The van der Waals surface area contributed by atoms with Gasteiger partial charge in [0.2, 0.25) is 0 Å². The number of benzene rings is 1. The Morgan fingerprint density at radius 1 is 1.33 bits per heavy atom. The van der Waals surface area contributed by atoms with Crippen LogP contribution in [-0.4, -0.2) is 5.78 Å². The normalized spacial score (nSPS) is 15.0. The molecule has 2 rings (SSSR count). The van der Waals surface area contributed by atoms with Gasteiger partial charge in [0.1, 0.15) is 0 Å². The summed E-state index contributed by atoms with van der Waals surface area (Å²) >= 11 is 0. The first-order valence-electron chi connectivity index (χ1n) is 4.99. The molecule has 0 aromatic heterocycles. The van der Waals surface area contributed by atoms with Crippen molar-refractivity contribution in [3.63, 3.8) is 0 Å². The zero-order valence-corrected chi connectivity index (χ0v) is 8.66. The van der Waals surface area contributed by atoms with Gasteiger partial charge < -0.3 is 5.32 Å².